The van der Waals surface area contributed by atoms with Crippen LogP contribution in [0.5, 0.6) is 0 Å². The zero-order valence-corrected chi connectivity index (χ0v) is 19.4. The predicted molar refractivity (Wildman–Crippen MR) is 65.3 cm³/mol. The Morgan fingerprint density at radius 2 is 0.783 bits per heavy atom. The second kappa shape index (κ2) is 30.9. The summed E-state index contributed by atoms with van der Waals surface area (Å²) >= 11 is 1.89. The summed E-state index contributed by atoms with van der Waals surface area (Å²) in [4.78, 5) is 28.0. The van der Waals surface area contributed by atoms with Crippen molar-refractivity contribution in [1.29, 1.82) is 0 Å². The van der Waals surface area contributed by atoms with Crippen molar-refractivity contribution in [2.45, 2.75) is 39.1 Å². The molecule has 23 heavy (non-hydrogen) atoms. The van der Waals surface area contributed by atoms with Crippen LogP contribution in [-0.4, -0.2) is 72.4 Å². The average molecular weight is 394 g/mol. The van der Waals surface area contributed by atoms with Crippen LogP contribution in [0.3, 0.4) is 0 Å². The summed E-state index contributed by atoms with van der Waals surface area (Å²) in [6, 6.07) is 0. The van der Waals surface area contributed by atoms with E-state index >= 15 is 0 Å². The molecule has 5 N–H and O–H groups in total. The topological polar surface area (TPSA) is 213 Å². The SMILES string of the molecule is CC(O)C(=O)[O-].CC(O)C(=O)[O-].CC(O)C(=O)[O-].O.[Al+][Cl].[Na+].[Na+]. The quantitative estimate of drug-likeness (QED) is 0.387. The Balaban J connectivity index is -0.0000000298. The van der Waals surface area contributed by atoms with E-state index < -0.39 is 36.2 Å². The molecule has 0 aromatic heterocycles. The molecule has 1 radical (unpaired) electrons. The van der Waals surface area contributed by atoms with Crippen molar-refractivity contribution in [3.05, 3.63) is 0 Å². The minimum Gasteiger partial charge on any atom is 1.00 e. The van der Waals surface area contributed by atoms with Crippen molar-refractivity contribution >= 4 is 43.3 Å². The number of halogens is 1. The van der Waals surface area contributed by atoms with Crippen molar-refractivity contribution < 1.29 is 110 Å². The van der Waals surface area contributed by atoms with E-state index in [0.29, 0.717) is 0 Å². The minimum atomic E-state index is -1.44. The van der Waals surface area contributed by atoms with E-state index in [1.165, 1.54) is 0 Å². The number of aliphatic hydroxyl groups is 3. The molecule has 125 valence electrons. The van der Waals surface area contributed by atoms with E-state index in [1.54, 1.807) is 0 Å². The van der Waals surface area contributed by atoms with Gasteiger partial charge >= 0.3 is 84.5 Å². The maximum atomic E-state index is 9.34. The van der Waals surface area contributed by atoms with E-state index in [4.69, 9.17) is 15.3 Å². The second-order valence-corrected chi connectivity index (χ2v) is 2.99. The molecule has 10 nitrogen and oxygen atoms in total. The Hall–Kier alpha value is 1.07. The zero-order chi connectivity index (χ0) is 17.5. The number of carboxylic acids is 3. The normalized spacial score (nSPS) is 10.9. The number of aliphatic carboxylic acids is 3. The third-order valence-electron chi connectivity index (χ3n) is 1.02. The van der Waals surface area contributed by atoms with Crippen LogP contribution in [0.1, 0.15) is 20.8 Å². The number of rotatable bonds is 3. The molecule has 0 saturated heterocycles. The molecule has 0 fully saturated rings. The first-order chi connectivity index (χ1) is 8.93. The van der Waals surface area contributed by atoms with Gasteiger partial charge < -0.3 is 50.5 Å². The first-order valence-electron chi connectivity index (χ1n) is 4.82. The van der Waals surface area contributed by atoms with Gasteiger partial charge in [0.2, 0.25) is 0 Å². The third-order valence-corrected chi connectivity index (χ3v) is 1.02. The number of carbonyl (C=O) groups excluding carboxylic acids is 3. The van der Waals surface area contributed by atoms with Gasteiger partial charge in [-0.05, 0) is 20.8 Å². The number of carboxylic acid groups (broad SMARTS) is 3. The first kappa shape index (κ1) is 44.0. The van der Waals surface area contributed by atoms with Crippen LogP contribution < -0.4 is 74.4 Å². The fraction of sp³-hybridized carbons (Fsp3) is 0.667. The second-order valence-electron chi connectivity index (χ2n) is 2.99. The van der Waals surface area contributed by atoms with Gasteiger partial charge in [-0.1, -0.05) is 0 Å². The van der Waals surface area contributed by atoms with Crippen LogP contribution in [-0.2, 0) is 14.4 Å². The summed E-state index contributed by atoms with van der Waals surface area (Å²) in [5, 5.41) is 51.9. The maximum Gasteiger partial charge on any atom is 1.00 e. The minimum absolute atomic E-state index is 0. The summed E-state index contributed by atoms with van der Waals surface area (Å²) in [5.41, 5.74) is 0. The fourth-order valence-electron chi connectivity index (χ4n) is 0. The summed E-state index contributed by atoms with van der Waals surface area (Å²) in [6.45, 7) is 3.40. The first-order valence-corrected chi connectivity index (χ1v) is 6.56. The Morgan fingerprint density at radius 3 is 0.783 bits per heavy atom. The van der Waals surface area contributed by atoms with Gasteiger partial charge in [0, 0.05) is 0 Å². The Kier molecular flexibility index (Phi) is 59.1. The van der Waals surface area contributed by atoms with Gasteiger partial charge in [0.15, 0.2) is 0 Å². The fourth-order valence-corrected chi connectivity index (χ4v) is 0. The molecule has 0 rings (SSSR count). The largest absolute Gasteiger partial charge is 1.00 e. The van der Waals surface area contributed by atoms with Crippen LogP contribution in [0.4, 0.5) is 0 Å². The van der Waals surface area contributed by atoms with Gasteiger partial charge in [-0.25, -0.2) is 0 Å². The molecule has 0 amide bonds. The molecule has 0 aromatic rings. The molecule has 0 aliphatic rings. The van der Waals surface area contributed by atoms with Crippen LogP contribution in [0.15, 0.2) is 0 Å². The van der Waals surface area contributed by atoms with E-state index in [0.717, 1.165) is 20.8 Å². The van der Waals surface area contributed by atoms with Crippen molar-refractivity contribution in [3.63, 3.8) is 0 Å². The molecule has 0 spiro atoms. The molecule has 14 heteroatoms. The zero-order valence-electron chi connectivity index (χ0n) is 13.5. The Morgan fingerprint density at radius 1 is 0.739 bits per heavy atom. The van der Waals surface area contributed by atoms with Crippen molar-refractivity contribution in [2.24, 2.45) is 0 Å². The molecule has 0 saturated carbocycles. The van der Waals surface area contributed by atoms with Crippen LogP contribution in [0, 0.1) is 0 Å². The standard InChI is InChI=1S/3C3H6O3.Al.ClH.2Na.H2O/c3*1-2(4)3(5)6;;;;;/h3*2,4H,1H3,(H,5,6);;1H;;;1H2/q;;;+2;;2*+1;/p-4. The molecule has 0 bridgehead atoms. The van der Waals surface area contributed by atoms with Crippen molar-refractivity contribution in [1.82, 2.24) is 0 Å². The molecule has 0 aromatic carbocycles. The van der Waals surface area contributed by atoms with E-state index in [-0.39, 0.29) is 64.6 Å². The summed E-state index contributed by atoms with van der Waals surface area (Å²) in [5.74, 6) is -4.31. The van der Waals surface area contributed by atoms with Gasteiger partial charge in [-0.3, -0.25) is 0 Å². The third kappa shape index (κ3) is 60.0. The van der Waals surface area contributed by atoms with Crippen molar-refractivity contribution in [2.75, 3.05) is 0 Å². The van der Waals surface area contributed by atoms with Crippen LogP contribution in [0.2, 0.25) is 0 Å². The monoisotopic (exact) mass is 393 g/mol. The maximum absolute atomic E-state index is 9.34. The van der Waals surface area contributed by atoms with Gasteiger partial charge in [-0.2, -0.15) is 0 Å². The number of hydrogen-bond donors (Lipinski definition) is 3. The summed E-state index contributed by atoms with van der Waals surface area (Å²) in [6.07, 6.45) is -4.03. The van der Waals surface area contributed by atoms with Crippen LogP contribution in [0.25, 0.3) is 0 Å². The molecule has 0 aliphatic heterocycles. The molecule has 0 heterocycles. The van der Waals surface area contributed by atoms with Gasteiger partial charge in [-0.15, -0.1) is 0 Å². The molecule has 3 atom stereocenters. The average Bonchev–Trinajstić information content (AvgIpc) is 2.32. The van der Waals surface area contributed by atoms with Gasteiger partial charge in [0.25, 0.3) is 0 Å². The summed E-state index contributed by atoms with van der Waals surface area (Å²) < 4.78 is 0. The number of carbonyl (C=O) groups is 3. The molecular formula is C9H17AlClNa2O10. The molecule has 3 unspecified atom stereocenters. The Bertz CT molecular complexity index is 236. The number of hydrogen-bond acceptors (Lipinski definition) is 9. The van der Waals surface area contributed by atoms with Crippen molar-refractivity contribution in [3.8, 4) is 0 Å². The van der Waals surface area contributed by atoms with Gasteiger partial charge in [0.1, 0.15) is 0 Å². The van der Waals surface area contributed by atoms with E-state index in [1.807, 2.05) is 15.4 Å². The molecular weight excluding hydrogens is 377 g/mol. The predicted octanol–water partition coefficient (Wildman–Crippen LogP) is -12.2. The van der Waals surface area contributed by atoms with Gasteiger partial charge in [0.05, 0.1) is 36.2 Å². The number of aliphatic hydroxyl groups excluding tert-OH is 3. The van der Waals surface area contributed by atoms with E-state index in [9.17, 15) is 29.7 Å². The van der Waals surface area contributed by atoms with Crippen LogP contribution >= 0.6 is 10.0 Å². The smallest absolute Gasteiger partial charge is 1.00 e. The van der Waals surface area contributed by atoms with E-state index in [2.05, 4.69) is 10.0 Å². The molecule has 0 aliphatic carbocycles. The summed E-state index contributed by atoms with van der Waals surface area (Å²) in [7, 11) is 4.56. The Labute approximate surface area is 190 Å².